The zero-order valence-electron chi connectivity index (χ0n) is 10.4. The number of hydrogen-bond acceptors (Lipinski definition) is 3. The third-order valence-corrected chi connectivity index (χ3v) is 2.36. The third-order valence-electron chi connectivity index (χ3n) is 2.36. The SMILES string of the molecule is CCN(C=O)C(=O)N(C)C(=O)N(C)C(C)C. The fourth-order valence-electron chi connectivity index (χ4n) is 0.987. The van der Waals surface area contributed by atoms with Gasteiger partial charge in [0.05, 0.1) is 0 Å². The van der Waals surface area contributed by atoms with Gasteiger partial charge in [0.25, 0.3) is 0 Å². The van der Waals surface area contributed by atoms with E-state index in [0.29, 0.717) is 6.41 Å². The maximum absolute atomic E-state index is 11.8. The van der Waals surface area contributed by atoms with Gasteiger partial charge in [-0.1, -0.05) is 0 Å². The van der Waals surface area contributed by atoms with Crippen molar-refractivity contribution in [2.45, 2.75) is 26.8 Å². The van der Waals surface area contributed by atoms with Gasteiger partial charge in [-0.2, -0.15) is 0 Å². The maximum atomic E-state index is 11.8. The van der Waals surface area contributed by atoms with Gasteiger partial charge in [0.1, 0.15) is 0 Å². The van der Waals surface area contributed by atoms with Crippen LogP contribution in [0.1, 0.15) is 20.8 Å². The lowest BCUT2D eigenvalue weighted by Gasteiger charge is -2.28. The van der Waals surface area contributed by atoms with Crippen LogP contribution in [0.15, 0.2) is 0 Å². The minimum atomic E-state index is -0.616. The summed E-state index contributed by atoms with van der Waals surface area (Å²) in [6.45, 7) is 5.59. The van der Waals surface area contributed by atoms with Crippen LogP contribution in [0, 0.1) is 0 Å². The van der Waals surface area contributed by atoms with E-state index in [-0.39, 0.29) is 12.6 Å². The lowest BCUT2D eigenvalue weighted by molar-refractivity contribution is -0.115. The van der Waals surface area contributed by atoms with E-state index in [1.165, 1.54) is 11.9 Å². The fourth-order valence-corrected chi connectivity index (χ4v) is 0.987. The second-order valence-corrected chi connectivity index (χ2v) is 3.72. The number of urea groups is 2. The average Bonchev–Trinajstić information content (AvgIpc) is 2.27. The third kappa shape index (κ3) is 3.22. The molecular weight excluding hydrogens is 210 g/mol. The highest BCUT2D eigenvalue weighted by Crippen LogP contribution is 2.02. The molecule has 92 valence electrons. The van der Waals surface area contributed by atoms with E-state index in [4.69, 9.17) is 0 Å². The first-order valence-corrected chi connectivity index (χ1v) is 5.13. The molecule has 16 heavy (non-hydrogen) atoms. The van der Waals surface area contributed by atoms with Gasteiger partial charge in [-0.25, -0.2) is 14.5 Å². The molecule has 0 saturated carbocycles. The van der Waals surface area contributed by atoms with Crippen molar-refractivity contribution in [2.24, 2.45) is 0 Å². The molecule has 0 unspecified atom stereocenters. The standard InChI is InChI=1S/C10H19N3O3/c1-6-13(7-14)10(16)12(5)9(15)11(4)8(2)3/h7-8H,6H2,1-5H3. The van der Waals surface area contributed by atoms with Crippen molar-refractivity contribution >= 4 is 18.5 Å². The highest BCUT2D eigenvalue weighted by molar-refractivity contribution is 5.97. The molecule has 0 aliphatic heterocycles. The van der Waals surface area contributed by atoms with E-state index in [9.17, 15) is 14.4 Å². The molecule has 0 radical (unpaired) electrons. The zero-order valence-corrected chi connectivity index (χ0v) is 10.4. The smallest absolute Gasteiger partial charge is 0.325 e. The molecule has 0 saturated heterocycles. The summed E-state index contributed by atoms with van der Waals surface area (Å²) in [6, 6.07) is -1.05. The minimum absolute atomic E-state index is 0.00550. The van der Waals surface area contributed by atoms with E-state index in [2.05, 4.69) is 0 Å². The monoisotopic (exact) mass is 229 g/mol. The number of hydrogen-bond donors (Lipinski definition) is 0. The molecule has 5 amide bonds. The first-order valence-electron chi connectivity index (χ1n) is 5.13. The molecule has 0 aromatic rings. The predicted molar refractivity (Wildman–Crippen MR) is 59.9 cm³/mol. The molecule has 0 atom stereocenters. The van der Waals surface area contributed by atoms with Crippen LogP contribution in [-0.4, -0.2) is 59.9 Å². The largest absolute Gasteiger partial charge is 0.334 e. The number of amides is 5. The molecule has 0 spiro atoms. The summed E-state index contributed by atoms with van der Waals surface area (Å²) in [5, 5.41) is 0. The Bertz CT molecular complexity index is 278. The van der Waals surface area contributed by atoms with Crippen molar-refractivity contribution < 1.29 is 14.4 Å². The number of imide groups is 2. The molecule has 0 aromatic heterocycles. The molecule has 0 N–H and O–H groups in total. The van der Waals surface area contributed by atoms with Crippen LogP contribution in [0.5, 0.6) is 0 Å². The Labute approximate surface area is 95.8 Å². The van der Waals surface area contributed by atoms with E-state index in [1.807, 2.05) is 13.8 Å². The molecular formula is C10H19N3O3. The van der Waals surface area contributed by atoms with Gasteiger partial charge in [0.2, 0.25) is 6.41 Å². The van der Waals surface area contributed by atoms with Gasteiger partial charge >= 0.3 is 12.1 Å². The Morgan fingerprint density at radius 2 is 1.69 bits per heavy atom. The zero-order chi connectivity index (χ0) is 12.9. The van der Waals surface area contributed by atoms with Crippen molar-refractivity contribution in [1.29, 1.82) is 0 Å². The van der Waals surface area contributed by atoms with Gasteiger partial charge < -0.3 is 4.90 Å². The Morgan fingerprint density at radius 3 is 2.00 bits per heavy atom. The summed E-state index contributed by atoms with van der Waals surface area (Å²) < 4.78 is 0. The second kappa shape index (κ2) is 6.09. The van der Waals surface area contributed by atoms with Crippen LogP contribution >= 0.6 is 0 Å². The van der Waals surface area contributed by atoms with Crippen molar-refractivity contribution in [3.63, 3.8) is 0 Å². The first kappa shape index (κ1) is 14.4. The molecule has 0 aliphatic carbocycles. The molecule has 0 fully saturated rings. The van der Waals surface area contributed by atoms with Crippen molar-refractivity contribution in [1.82, 2.24) is 14.7 Å². The molecule has 6 nitrogen and oxygen atoms in total. The highest BCUT2D eigenvalue weighted by Gasteiger charge is 2.25. The molecule has 6 heteroatoms. The Hall–Kier alpha value is -1.59. The average molecular weight is 229 g/mol. The number of carbonyl (C=O) groups excluding carboxylic acids is 3. The summed E-state index contributed by atoms with van der Waals surface area (Å²) >= 11 is 0. The maximum Gasteiger partial charge on any atom is 0.334 e. The summed E-state index contributed by atoms with van der Waals surface area (Å²) in [7, 11) is 2.96. The number of nitrogens with zero attached hydrogens (tertiary/aromatic N) is 3. The number of rotatable bonds is 3. The van der Waals surface area contributed by atoms with Gasteiger partial charge in [0, 0.05) is 26.7 Å². The van der Waals surface area contributed by atoms with E-state index >= 15 is 0 Å². The lowest BCUT2D eigenvalue weighted by atomic mass is 10.3. The van der Waals surface area contributed by atoms with Crippen LogP contribution in [-0.2, 0) is 4.79 Å². The van der Waals surface area contributed by atoms with E-state index in [1.54, 1.807) is 14.0 Å². The first-order chi connectivity index (χ1) is 7.36. The molecule has 0 aliphatic rings. The molecule has 0 bridgehead atoms. The van der Waals surface area contributed by atoms with Gasteiger partial charge in [0.15, 0.2) is 0 Å². The van der Waals surface area contributed by atoms with E-state index < -0.39 is 12.1 Å². The van der Waals surface area contributed by atoms with Gasteiger partial charge in [-0.05, 0) is 20.8 Å². The highest BCUT2D eigenvalue weighted by atomic mass is 16.2. The van der Waals surface area contributed by atoms with Crippen molar-refractivity contribution in [3.8, 4) is 0 Å². The minimum Gasteiger partial charge on any atom is -0.325 e. The summed E-state index contributed by atoms with van der Waals surface area (Å²) in [5.74, 6) is 0. The fraction of sp³-hybridized carbons (Fsp3) is 0.700. The Balaban J connectivity index is 4.67. The van der Waals surface area contributed by atoms with Crippen molar-refractivity contribution in [2.75, 3.05) is 20.6 Å². The van der Waals surface area contributed by atoms with Crippen LogP contribution in [0.3, 0.4) is 0 Å². The van der Waals surface area contributed by atoms with Crippen LogP contribution in [0.2, 0.25) is 0 Å². The number of carbonyl (C=O) groups is 3. The van der Waals surface area contributed by atoms with Crippen LogP contribution in [0.4, 0.5) is 9.59 Å². The molecule has 0 rings (SSSR count). The topological polar surface area (TPSA) is 60.9 Å². The predicted octanol–water partition coefficient (Wildman–Crippen LogP) is 0.977. The van der Waals surface area contributed by atoms with Crippen LogP contribution in [0.25, 0.3) is 0 Å². The lowest BCUT2D eigenvalue weighted by Crippen LogP contribution is -2.49. The Morgan fingerprint density at radius 1 is 1.19 bits per heavy atom. The molecule has 0 aromatic carbocycles. The quantitative estimate of drug-likeness (QED) is 0.678. The Kier molecular flexibility index (Phi) is 5.49. The van der Waals surface area contributed by atoms with Gasteiger partial charge in [-0.3, -0.25) is 9.69 Å². The molecule has 0 heterocycles. The van der Waals surface area contributed by atoms with Gasteiger partial charge in [-0.15, -0.1) is 0 Å². The van der Waals surface area contributed by atoms with E-state index in [0.717, 1.165) is 9.80 Å². The summed E-state index contributed by atoms with van der Waals surface area (Å²) in [6.07, 6.45) is 0.418. The normalized spacial score (nSPS) is 9.88. The second-order valence-electron chi connectivity index (χ2n) is 3.72. The summed E-state index contributed by atoms with van der Waals surface area (Å²) in [4.78, 5) is 37.3. The van der Waals surface area contributed by atoms with Crippen LogP contribution < -0.4 is 0 Å². The summed E-state index contributed by atoms with van der Waals surface area (Å²) in [5.41, 5.74) is 0. The van der Waals surface area contributed by atoms with Crippen molar-refractivity contribution in [3.05, 3.63) is 0 Å².